The molecule has 3 aromatic rings. The van der Waals surface area contributed by atoms with Crippen molar-refractivity contribution >= 4 is 28.3 Å². The number of hydrogen-bond donors (Lipinski definition) is 0. The number of likely N-dealkylation sites (N-methyl/N-ethyl adjacent to an activating group) is 1. The second kappa shape index (κ2) is 6.40. The highest BCUT2D eigenvalue weighted by Crippen LogP contribution is 2.34. The zero-order valence-electron chi connectivity index (χ0n) is 15.9. The molecule has 2 saturated heterocycles. The molecule has 0 bridgehead atoms. The standard InChI is InChI=1S/C20H22N6O2/c1-23-7-8-25(20(23)27)14-10-22-26(13-14)15-11-24(12-15)19-5-6-21-18-4-3-16(28-2)9-17(18)19/h3-6,9-10,13,15H,7-8,11-12H2,1-2H3. The number of ether oxygens (including phenoxy) is 1. The molecule has 4 heterocycles. The Bertz CT molecular complexity index is 1040. The molecule has 2 fully saturated rings. The smallest absolute Gasteiger partial charge is 0.324 e. The lowest BCUT2D eigenvalue weighted by molar-refractivity contribution is 0.229. The number of nitrogens with zero attached hydrogens (tertiary/aromatic N) is 6. The minimum Gasteiger partial charge on any atom is -0.497 e. The van der Waals surface area contributed by atoms with Crippen LogP contribution in [-0.2, 0) is 0 Å². The number of urea groups is 1. The third-order valence-corrected chi connectivity index (χ3v) is 5.62. The summed E-state index contributed by atoms with van der Waals surface area (Å²) in [5, 5.41) is 5.60. The number of amides is 2. The van der Waals surface area contributed by atoms with Crippen LogP contribution in [0.15, 0.2) is 42.9 Å². The fourth-order valence-electron chi connectivity index (χ4n) is 3.89. The molecule has 0 radical (unpaired) electrons. The summed E-state index contributed by atoms with van der Waals surface area (Å²) < 4.78 is 7.34. The summed E-state index contributed by atoms with van der Waals surface area (Å²) in [6, 6.07) is 8.32. The number of fused-ring (bicyclic) bond motifs is 1. The number of carbonyl (C=O) groups excluding carboxylic acids is 1. The van der Waals surface area contributed by atoms with Gasteiger partial charge in [-0.1, -0.05) is 0 Å². The summed E-state index contributed by atoms with van der Waals surface area (Å²) in [7, 11) is 3.50. The maximum absolute atomic E-state index is 12.2. The van der Waals surface area contributed by atoms with Gasteiger partial charge in [-0.05, 0) is 24.3 Å². The topological polar surface area (TPSA) is 66.7 Å². The molecule has 5 rings (SSSR count). The molecular formula is C20H22N6O2. The highest BCUT2D eigenvalue weighted by molar-refractivity contribution is 5.94. The fraction of sp³-hybridized carbons (Fsp3) is 0.350. The van der Waals surface area contributed by atoms with Crippen LogP contribution in [0.4, 0.5) is 16.2 Å². The molecule has 8 heteroatoms. The van der Waals surface area contributed by atoms with E-state index in [2.05, 4.69) is 15.0 Å². The van der Waals surface area contributed by atoms with E-state index in [0.717, 1.165) is 47.7 Å². The minimum absolute atomic E-state index is 0.0342. The molecule has 2 aliphatic rings. The molecule has 0 N–H and O–H groups in total. The summed E-state index contributed by atoms with van der Waals surface area (Å²) in [5.74, 6) is 0.829. The van der Waals surface area contributed by atoms with E-state index in [4.69, 9.17) is 4.74 Å². The third-order valence-electron chi connectivity index (χ3n) is 5.62. The van der Waals surface area contributed by atoms with Crippen LogP contribution >= 0.6 is 0 Å². The third kappa shape index (κ3) is 2.64. The summed E-state index contributed by atoms with van der Waals surface area (Å²) in [6.45, 7) is 3.19. The van der Waals surface area contributed by atoms with E-state index in [1.54, 1.807) is 23.1 Å². The number of hydrogen-bond acceptors (Lipinski definition) is 5. The first-order valence-corrected chi connectivity index (χ1v) is 9.38. The molecule has 2 amide bonds. The van der Waals surface area contributed by atoms with Gasteiger partial charge in [0.05, 0.1) is 30.6 Å². The lowest BCUT2D eigenvalue weighted by atomic mass is 10.1. The molecule has 0 unspecified atom stereocenters. The molecule has 0 saturated carbocycles. The van der Waals surface area contributed by atoms with Crippen molar-refractivity contribution in [1.82, 2.24) is 19.7 Å². The van der Waals surface area contributed by atoms with Crippen molar-refractivity contribution in [2.45, 2.75) is 6.04 Å². The molecule has 0 spiro atoms. The molecule has 1 aromatic carbocycles. The first kappa shape index (κ1) is 16.9. The van der Waals surface area contributed by atoms with Crippen molar-refractivity contribution in [1.29, 1.82) is 0 Å². The number of aromatic nitrogens is 3. The Morgan fingerprint density at radius 1 is 1.18 bits per heavy atom. The monoisotopic (exact) mass is 378 g/mol. The number of anilines is 2. The summed E-state index contributed by atoms with van der Waals surface area (Å²) in [6.07, 6.45) is 5.61. The lowest BCUT2D eigenvalue weighted by Gasteiger charge is -2.41. The maximum atomic E-state index is 12.2. The SMILES string of the molecule is COc1ccc2nccc(N3CC(n4cc(N5CCN(C)C5=O)cn4)C3)c2c1. The maximum Gasteiger partial charge on any atom is 0.324 e. The van der Waals surface area contributed by atoms with Gasteiger partial charge in [-0.15, -0.1) is 0 Å². The first-order chi connectivity index (χ1) is 13.6. The van der Waals surface area contributed by atoms with Crippen molar-refractivity contribution in [2.75, 3.05) is 50.1 Å². The molecular weight excluding hydrogens is 356 g/mol. The van der Waals surface area contributed by atoms with Crippen molar-refractivity contribution < 1.29 is 9.53 Å². The Labute approximate surface area is 162 Å². The van der Waals surface area contributed by atoms with Gasteiger partial charge < -0.3 is 14.5 Å². The lowest BCUT2D eigenvalue weighted by Crippen LogP contribution is -2.48. The average Bonchev–Trinajstić information content (AvgIpc) is 3.28. The van der Waals surface area contributed by atoms with Crippen LogP contribution in [0.25, 0.3) is 10.9 Å². The number of benzene rings is 1. The predicted octanol–water partition coefficient (Wildman–Crippen LogP) is 2.37. The number of methoxy groups -OCH3 is 1. The Kier molecular flexibility index (Phi) is 3.85. The number of rotatable bonds is 4. The van der Waals surface area contributed by atoms with Crippen molar-refractivity contribution in [3.8, 4) is 5.75 Å². The largest absolute Gasteiger partial charge is 0.497 e. The van der Waals surface area contributed by atoms with Crippen LogP contribution in [0, 0.1) is 0 Å². The van der Waals surface area contributed by atoms with Crippen LogP contribution in [0.2, 0.25) is 0 Å². The summed E-state index contributed by atoms with van der Waals surface area (Å²) >= 11 is 0. The average molecular weight is 378 g/mol. The van der Waals surface area contributed by atoms with E-state index in [0.29, 0.717) is 6.54 Å². The van der Waals surface area contributed by atoms with E-state index in [1.807, 2.05) is 48.4 Å². The van der Waals surface area contributed by atoms with E-state index in [1.165, 1.54) is 0 Å². The van der Waals surface area contributed by atoms with Gasteiger partial charge >= 0.3 is 6.03 Å². The predicted molar refractivity (Wildman–Crippen MR) is 107 cm³/mol. The van der Waals surface area contributed by atoms with Gasteiger partial charge in [0.1, 0.15) is 5.75 Å². The molecule has 0 atom stereocenters. The molecule has 144 valence electrons. The fourth-order valence-corrected chi connectivity index (χ4v) is 3.89. The van der Waals surface area contributed by atoms with Gasteiger partial charge in [0, 0.05) is 56.7 Å². The van der Waals surface area contributed by atoms with Gasteiger partial charge in [0.2, 0.25) is 0 Å². The Balaban J connectivity index is 1.33. The van der Waals surface area contributed by atoms with Crippen LogP contribution in [0.1, 0.15) is 6.04 Å². The summed E-state index contributed by atoms with van der Waals surface area (Å²) in [5.41, 5.74) is 2.98. The zero-order chi connectivity index (χ0) is 19.3. The van der Waals surface area contributed by atoms with Crippen LogP contribution in [-0.4, -0.2) is 66.0 Å². The normalized spacial score (nSPS) is 17.5. The van der Waals surface area contributed by atoms with Gasteiger partial charge in [-0.25, -0.2) is 4.79 Å². The minimum atomic E-state index is 0.0342. The quantitative estimate of drug-likeness (QED) is 0.697. The van der Waals surface area contributed by atoms with Gasteiger partial charge in [-0.2, -0.15) is 5.10 Å². The Hall–Kier alpha value is -3.29. The number of pyridine rings is 1. The highest BCUT2D eigenvalue weighted by atomic mass is 16.5. The molecule has 8 nitrogen and oxygen atoms in total. The summed E-state index contributed by atoms with van der Waals surface area (Å²) in [4.78, 5) is 22.5. The van der Waals surface area contributed by atoms with Gasteiger partial charge in [0.15, 0.2) is 0 Å². The second-order valence-corrected chi connectivity index (χ2v) is 7.31. The van der Waals surface area contributed by atoms with Crippen molar-refractivity contribution in [2.24, 2.45) is 0 Å². The molecule has 2 aliphatic heterocycles. The Morgan fingerprint density at radius 3 is 2.79 bits per heavy atom. The van der Waals surface area contributed by atoms with Crippen molar-refractivity contribution in [3.05, 3.63) is 42.9 Å². The van der Waals surface area contributed by atoms with Crippen LogP contribution in [0.5, 0.6) is 5.75 Å². The first-order valence-electron chi connectivity index (χ1n) is 9.38. The Morgan fingerprint density at radius 2 is 2.04 bits per heavy atom. The molecule has 0 aliphatic carbocycles. The highest BCUT2D eigenvalue weighted by Gasteiger charge is 2.32. The van der Waals surface area contributed by atoms with E-state index in [9.17, 15) is 4.79 Å². The van der Waals surface area contributed by atoms with E-state index >= 15 is 0 Å². The van der Waals surface area contributed by atoms with Crippen LogP contribution < -0.4 is 14.5 Å². The molecule has 2 aromatic heterocycles. The van der Waals surface area contributed by atoms with Crippen LogP contribution in [0.3, 0.4) is 0 Å². The van der Waals surface area contributed by atoms with Gasteiger partial charge in [-0.3, -0.25) is 14.6 Å². The van der Waals surface area contributed by atoms with E-state index < -0.39 is 0 Å². The number of carbonyl (C=O) groups is 1. The van der Waals surface area contributed by atoms with E-state index in [-0.39, 0.29) is 12.1 Å². The zero-order valence-corrected chi connectivity index (χ0v) is 15.9. The van der Waals surface area contributed by atoms with Crippen molar-refractivity contribution in [3.63, 3.8) is 0 Å². The molecule has 28 heavy (non-hydrogen) atoms. The second-order valence-electron chi connectivity index (χ2n) is 7.31. The van der Waals surface area contributed by atoms with Gasteiger partial charge in [0.25, 0.3) is 0 Å².